The molecule has 0 aliphatic heterocycles. The second kappa shape index (κ2) is 12.2. The molecule has 0 rings (SSSR count). The number of rotatable bonds is 12. The first-order chi connectivity index (χ1) is 9.52. The van der Waals surface area contributed by atoms with Crippen molar-refractivity contribution in [2.24, 2.45) is 0 Å². The highest BCUT2D eigenvalue weighted by Gasteiger charge is 2.19. The summed E-state index contributed by atoms with van der Waals surface area (Å²) in [5.41, 5.74) is 0. The third kappa shape index (κ3) is 9.34. The molecule has 0 bridgehead atoms. The minimum absolute atomic E-state index is 0.410. The van der Waals surface area contributed by atoms with E-state index in [0.717, 1.165) is 39.0 Å². The van der Waals surface area contributed by atoms with E-state index in [4.69, 9.17) is 6.57 Å². The zero-order valence-corrected chi connectivity index (χ0v) is 13.0. The maximum Gasteiger partial charge on any atom is 0.376 e. The van der Waals surface area contributed by atoms with Gasteiger partial charge < -0.3 is 29.8 Å². The van der Waals surface area contributed by atoms with Gasteiger partial charge in [-0.3, -0.25) is 0 Å². The van der Waals surface area contributed by atoms with Crippen LogP contribution in [0.3, 0.4) is 0 Å². The molecule has 3 N–H and O–H groups in total. The van der Waals surface area contributed by atoms with E-state index in [-0.39, 0.29) is 0 Å². The molecular weight excluding hydrogens is 254 g/mol. The molecule has 0 fully saturated rings. The van der Waals surface area contributed by atoms with E-state index < -0.39 is 14.1 Å². The Bertz CT molecular complexity index is 275. The van der Waals surface area contributed by atoms with Crippen molar-refractivity contribution in [2.45, 2.75) is 26.5 Å². The Morgan fingerprint density at radius 3 is 1.95 bits per heavy atom. The SMILES string of the molecule is [C-]#[N+]CCN(CCCN(CCCNC)B(C)O)B(C)O. The average molecular weight is 282 g/mol. The van der Waals surface area contributed by atoms with Gasteiger partial charge in [0.1, 0.15) is 0 Å². The first-order valence-electron chi connectivity index (χ1n) is 7.35. The van der Waals surface area contributed by atoms with Crippen molar-refractivity contribution in [1.82, 2.24) is 14.9 Å². The molecule has 6 nitrogen and oxygen atoms in total. The molecule has 0 aliphatic rings. The molecule has 20 heavy (non-hydrogen) atoms. The Labute approximate surface area is 124 Å². The Balaban J connectivity index is 4.03. The van der Waals surface area contributed by atoms with Gasteiger partial charge in [-0.25, -0.2) is 6.57 Å². The van der Waals surface area contributed by atoms with Crippen LogP contribution in [0.4, 0.5) is 0 Å². The van der Waals surface area contributed by atoms with Crippen LogP contribution < -0.4 is 5.32 Å². The largest absolute Gasteiger partial charge is 0.437 e. The molecule has 0 aliphatic carbocycles. The van der Waals surface area contributed by atoms with Gasteiger partial charge in [-0.05, 0) is 59.7 Å². The van der Waals surface area contributed by atoms with E-state index in [2.05, 4.69) is 10.2 Å². The minimum atomic E-state index is -0.527. The molecule has 8 heteroatoms. The molecular formula is C12H28B2N4O2. The normalized spacial score (nSPS) is 10.9. The zero-order chi connectivity index (χ0) is 15.4. The summed E-state index contributed by atoms with van der Waals surface area (Å²) in [6.07, 6.45) is 1.87. The fourth-order valence-corrected chi connectivity index (χ4v) is 2.09. The van der Waals surface area contributed by atoms with Crippen LogP contribution >= 0.6 is 0 Å². The Morgan fingerprint density at radius 1 is 1.00 bits per heavy atom. The second-order valence-corrected chi connectivity index (χ2v) is 5.03. The van der Waals surface area contributed by atoms with Gasteiger partial charge in [0.2, 0.25) is 6.54 Å². The average Bonchev–Trinajstić information content (AvgIpc) is 2.40. The second-order valence-electron chi connectivity index (χ2n) is 5.03. The lowest BCUT2D eigenvalue weighted by atomic mass is 9.83. The zero-order valence-electron chi connectivity index (χ0n) is 13.0. The molecule has 0 radical (unpaired) electrons. The highest BCUT2D eigenvalue weighted by atomic mass is 16.2. The number of nitrogens with zero attached hydrogens (tertiary/aromatic N) is 3. The molecule has 0 atom stereocenters. The molecule has 0 heterocycles. The first-order valence-corrected chi connectivity index (χ1v) is 7.35. The van der Waals surface area contributed by atoms with Gasteiger partial charge in [0.15, 0.2) is 0 Å². The maximum absolute atomic E-state index is 9.73. The van der Waals surface area contributed by atoms with E-state index in [9.17, 15) is 10.0 Å². The summed E-state index contributed by atoms with van der Waals surface area (Å²) < 4.78 is 0. The van der Waals surface area contributed by atoms with Gasteiger partial charge in [0.25, 0.3) is 0 Å². The quantitative estimate of drug-likeness (QED) is 0.261. The topological polar surface area (TPSA) is 63.3 Å². The van der Waals surface area contributed by atoms with Gasteiger partial charge in [-0.15, -0.1) is 0 Å². The van der Waals surface area contributed by atoms with Crippen LogP contribution in [-0.4, -0.2) is 80.1 Å². The molecule has 0 spiro atoms. The van der Waals surface area contributed by atoms with Gasteiger partial charge in [0.05, 0.1) is 6.54 Å². The summed E-state index contributed by atoms with van der Waals surface area (Å²) in [5, 5.41) is 22.5. The van der Waals surface area contributed by atoms with E-state index >= 15 is 0 Å². The van der Waals surface area contributed by atoms with Gasteiger partial charge in [-0.2, -0.15) is 0 Å². The highest BCUT2D eigenvalue weighted by Crippen LogP contribution is 2.00. The summed E-state index contributed by atoms with van der Waals surface area (Å²) in [4.78, 5) is 7.25. The highest BCUT2D eigenvalue weighted by molar-refractivity contribution is 6.45. The van der Waals surface area contributed by atoms with E-state index in [0.29, 0.717) is 13.1 Å². The number of nitrogens with one attached hydrogen (secondary N) is 1. The molecule has 0 unspecified atom stereocenters. The maximum atomic E-state index is 9.73. The summed E-state index contributed by atoms with van der Waals surface area (Å²) in [5.74, 6) is 0. The standard InChI is InChI=1S/C12H28B2N4O2/c1-13(19)17(9-5-7-15-3)10-6-11-18(14(2)20)12-8-16-4/h15,19-20H,5-12H2,1-3H3. The summed E-state index contributed by atoms with van der Waals surface area (Å²) in [6.45, 7) is 14.6. The minimum Gasteiger partial charge on any atom is -0.437 e. The summed E-state index contributed by atoms with van der Waals surface area (Å²) >= 11 is 0. The molecule has 0 amide bonds. The van der Waals surface area contributed by atoms with Gasteiger partial charge in [-0.1, -0.05) is 0 Å². The van der Waals surface area contributed by atoms with Crippen molar-refractivity contribution in [3.63, 3.8) is 0 Å². The number of hydrogen-bond acceptors (Lipinski definition) is 5. The van der Waals surface area contributed by atoms with Crippen LogP contribution in [0.1, 0.15) is 12.8 Å². The van der Waals surface area contributed by atoms with Crippen LogP contribution in [0.2, 0.25) is 13.6 Å². The lowest BCUT2D eigenvalue weighted by Gasteiger charge is -2.26. The Kier molecular flexibility index (Phi) is 11.8. The fourth-order valence-electron chi connectivity index (χ4n) is 2.09. The van der Waals surface area contributed by atoms with Crippen molar-refractivity contribution in [3.05, 3.63) is 11.4 Å². The third-order valence-corrected chi connectivity index (χ3v) is 3.32. The fraction of sp³-hybridized carbons (Fsp3) is 0.917. The van der Waals surface area contributed by atoms with Crippen molar-refractivity contribution < 1.29 is 10.0 Å². The molecule has 114 valence electrons. The first kappa shape index (κ1) is 19.4. The smallest absolute Gasteiger partial charge is 0.376 e. The van der Waals surface area contributed by atoms with Crippen molar-refractivity contribution >= 4 is 14.1 Å². The van der Waals surface area contributed by atoms with Crippen LogP contribution in [0, 0.1) is 6.57 Å². The van der Waals surface area contributed by atoms with Gasteiger partial charge in [0, 0.05) is 0 Å². The molecule has 0 aromatic heterocycles. The van der Waals surface area contributed by atoms with Crippen LogP contribution in [0.25, 0.3) is 4.85 Å². The van der Waals surface area contributed by atoms with Crippen LogP contribution in [0.15, 0.2) is 0 Å². The predicted molar refractivity (Wildman–Crippen MR) is 85.4 cm³/mol. The van der Waals surface area contributed by atoms with E-state index in [1.807, 2.05) is 16.7 Å². The summed E-state index contributed by atoms with van der Waals surface area (Å²) in [6, 6.07) is 0. The van der Waals surface area contributed by atoms with Crippen molar-refractivity contribution in [3.8, 4) is 0 Å². The van der Waals surface area contributed by atoms with E-state index in [1.165, 1.54) is 0 Å². The monoisotopic (exact) mass is 282 g/mol. The Morgan fingerprint density at radius 2 is 1.50 bits per heavy atom. The lowest BCUT2D eigenvalue weighted by Crippen LogP contribution is -2.43. The Hall–Kier alpha value is -0.580. The van der Waals surface area contributed by atoms with Crippen molar-refractivity contribution in [1.29, 1.82) is 0 Å². The van der Waals surface area contributed by atoms with Gasteiger partial charge >= 0.3 is 14.1 Å². The van der Waals surface area contributed by atoms with E-state index in [1.54, 1.807) is 13.6 Å². The molecule has 0 aromatic rings. The number of hydrogen-bond donors (Lipinski definition) is 3. The molecule has 0 saturated heterocycles. The third-order valence-electron chi connectivity index (χ3n) is 3.32. The van der Waals surface area contributed by atoms with Crippen LogP contribution in [-0.2, 0) is 0 Å². The summed E-state index contributed by atoms with van der Waals surface area (Å²) in [7, 11) is 0.945. The van der Waals surface area contributed by atoms with Crippen LogP contribution in [0.5, 0.6) is 0 Å². The van der Waals surface area contributed by atoms with Crippen molar-refractivity contribution in [2.75, 3.05) is 46.3 Å². The lowest BCUT2D eigenvalue weighted by molar-refractivity contribution is 0.320. The molecule has 0 aromatic carbocycles. The molecule has 0 saturated carbocycles. The predicted octanol–water partition coefficient (Wildman–Crippen LogP) is -0.270.